The molecule has 0 bridgehead atoms. The van der Waals surface area contributed by atoms with Crippen LogP contribution in [0.5, 0.6) is 0 Å². The van der Waals surface area contributed by atoms with Crippen LogP contribution in [0.4, 0.5) is 0 Å². The molecule has 4 heteroatoms. The molecule has 0 amide bonds. The Kier molecular flexibility index (Phi) is 4.58. The van der Waals surface area contributed by atoms with E-state index in [9.17, 15) is 4.79 Å². The van der Waals surface area contributed by atoms with E-state index >= 15 is 0 Å². The average molecular weight is 232 g/mol. The zero-order valence-corrected chi connectivity index (χ0v) is 9.99. The molecule has 0 aliphatic rings. The smallest absolute Gasteiger partial charge is 0.139 e. The van der Waals surface area contributed by atoms with Crippen LogP contribution in [0.2, 0.25) is 4.34 Å². The van der Waals surface area contributed by atoms with Crippen molar-refractivity contribution in [1.29, 1.82) is 0 Å². The Morgan fingerprint density at radius 1 is 1.50 bits per heavy atom. The van der Waals surface area contributed by atoms with Crippen LogP contribution in [-0.4, -0.2) is 31.3 Å². The van der Waals surface area contributed by atoms with Crippen LogP contribution >= 0.6 is 22.9 Å². The first kappa shape index (κ1) is 11.7. The van der Waals surface area contributed by atoms with Gasteiger partial charge in [0.1, 0.15) is 5.78 Å². The van der Waals surface area contributed by atoms with Crippen LogP contribution in [0.25, 0.3) is 0 Å². The van der Waals surface area contributed by atoms with Gasteiger partial charge in [-0.15, -0.1) is 11.3 Å². The lowest BCUT2D eigenvalue weighted by atomic mass is 10.2. The van der Waals surface area contributed by atoms with Crippen LogP contribution in [0.15, 0.2) is 12.1 Å². The molecule has 0 saturated heterocycles. The zero-order chi connectivity index (χ0) is 10.6. The largest absolute Gasteiger partial charge is 0.309 e. The molecule has 0 aromatic carbocycles. The maximum atomic E-state index is 11.5. The van der Waals surface area contributed by atoms with Crippen molar-refractivity contribution in [3.8, 4) is 0 Å². The highest BCUT2D eigenvalue weighted by molar-refractivity contribution is 7.16. The van der Waals surface area contributed by atoms with Crippen molar-refractivity contribution in [2.45, 2.75) is 12.8 Å². The highest BCUT2D eigenvalue weighted by Gasteiger charge is 2.06. The Morgan fingerprint density at radius 2 is 2.21 bits per heavy atom. The van der Waals surface area contributed by atoms with Crippen LogP contribution in [0.1, 0.15) is 11.3 Å². The summed E-state index contributed by atoms with van der Waals surface area (Å²) in [5.41, 5.74) is 0. The molecule has 0 atom stereocenters. The predicted octanol–water partition coefficient (Wildman–Crippen LogP) is 2.46. The molecule has 1 aromatic rings. The fraction of sp³-hybridized carbons (Fsp3) is 0.500. The summed E-state index contributed by atoms with van der Waals surface area (Å²) in [7, 11) is 3.94. The van der Waals surface area contributed by atoms with Crippen LogP contribution in [0, 0.1) is 0 Å². The molecule has 1 rings (SSSR count). The van der Waals surface area contributed by atoms with E-state index in [1.165, 1.54) is 11.3 Å². The number of halogens is 1. The van der Waals surface area contributed by atoms with Gasteiger partial charge in [-0.1, -0.05) is 11.6 Å². The third-order valence-corrected chi connectivity index (χ3v) is 3.07. The molecule has 0 saturated carbocycles. The zero-order valence-electron chi connectivity index (χ0n) is 8.42. The Hall–Kier alpha value is -0.380. The standard InChI is InChI=1S/C10H14ClNOS/c1-12(2)6-5-8(13)7-9-3-4-10(11)14-9/h3-4H,5-7H2,1-2H3. The number of carbonyl (C=O) groups excluding carboxylic acids is 1. The van der Waals surface area contributed by atoms with E-state index in [2.05, 4.69) is 0 Å². The number of nitrogens with zero attached hydrogens (tertiary/aromatic N) is 1. The summed E-state index contributed by atoms with van der Waals surface area (Å²) in [6.07, 6.45) is 1.13. The van der Waals surface area contributed by atoms with E-state index < -0.39 is 0 Å². The van der Waals surface area contributed by atoms with Gasteiger partial charge in [0.2, 0.25) is 0 Å². The van der Waals surface area contributed by atoms with E-state index in [0.717, 1.165) is 15.8 Å². The lowest BCUT2D eigenvalue weighted by Crippen LogP contribution is -2.17. The predicted molar refractivity (Wildman–Crippen MR) is 61.2 cm³/mol. The minimum Gasteiger partial charge on any atom is -0.309 e. The van der Waals surface area contributed by atoms with Gasteiger partial charge in [0.15, 0.2) is 0 Å². The van der Waals surface area contributed by atoms with E-state index in [-0.39, 0.29) is 5.78 Å². The summed E-state index contributed by atoms with van der Waals surface area (Å²) in [5.74, 6) is 0.275. The molecule has 0 N–H and O–H groups in total. The Labute approximate surface area is 93.5 Å². The summed E-state index contributed by atoms with van der Waals surface area (Å²) in [5, 5.41) is 0. The van der Waals surface area contributed by atoms with Crippen molar-refractivity contribution in [1.82, 2.24) is 4.90 Å². The monoisotopic (exact) mass is 231 g/mol. The first-order valence-electron chi connectivity index (χ1n) is 4.48. The maximum Gasteiger partial charge on any atom is 0.139 e. The molecule has 0 fully saturated rings. The van der Waals surface area contributed by atoms with Crippen molar-refractivity contribution in [3.05, 3.63) is 21.3 Å². The van der Waals surface area contributed by atoms with Crippen molar-refractivity contribution < 1.29 is 4.79 Å². The number of rotatable bonds is 5. The lowest BCUT2D eigenvalue weighted by molar-refractivity contribution is -0.118. The number of hydrogen-bond donors (Lipinski definition) is 0. The van der Waals surface area contributed by atoms with E-state index in [1.807, 2.05) is 31.1 Å². The number of Topliss-reactive ketones (excluding diaryl/α,β-unsaturated/α-hetero) is 1. The van der Waals surface area contributed by atoms with Crippen LogP contribution < -0.4 is 0 Å². The van der Waals surface area contributed by atoms with Crippen molar-refractivity contribution in [2.24, 2.45) is 0 Å². The molecule has 0 radical (unpaired) electrons. The highest BCUT2D eigenvalue weighted by atomic mass is 35.5. The van der Waals surface area contributed by atoms with Crippen molar-refractivity contribution in [2.75, 3.05) is 20.6 Å². The molecule has 0 unspecified atom stereocenters. The number of carbonyl (C=O) groups is 1. The minimum absolute atomic E-state index is 0.275. The lowest BCUT2D eigenvalue weighted by Gasteiger charge is -2.07. The molecule has 1 aromatic heterocycles. The van der Waals surface area contributed by atoms with Gasteiger partial charge < -0.3 is 4.90 Å². The van der Waals surface area contributed by atoms with Gasteiger partial charge in [-0.05, 0) is 26.2 Å². The summed E-state index contributed by atoms with van der Waals surface area (Å²) in [6, 6.07) is 3.75. The molecule has 78 valence electrons. The molecular weight excluding hydrogens is 218 g/mol. The molecule has 1 heterocycles. The molecule has 2 nitrogen and oxygen atoms in total. The fourth-order valence-corrected chi connectivity index (χ4v) is 2.19. The second-order valence-electron chi connectivity index (χ2n) is 3.47. The summed E-state index contributed by atoms with van der Waals surface area (Å²) >= 11 is 7.25. The van der Waals surface area contributed by atoms with Gasteiger partial charge >= 0.3 is 0 Å². The molecule has 0 spiro atoms. The van der Waals surface area contributed by atoms with Gasteiger partial charge in [-0.3, -0.25) is 4.79 Å². The summed E-state index contributed by atoms with van der Waals surface area (Å²) in [4.78, 5) is 14.5. The first-order valence-corrected chi connectivity index (χ1v) is 5.68. The first-order chi connectivity index (χ1) is 6.58. The summed E-state index contributed by atoms with van der Waals surface area (Å²) < 4.78 is 0.750. The van der Waals surface area contributed by atoms with Gasteiger partial charge in [-0.2, -0.15) is 0 Å². The Morgan fingerprint density at radius 3 is 2.71 bits per heavy atom. The van der Waals surface area contributed by atoms with Crippen molar-refractivity contribution >= 4 is 28.7 Å². The molecule has 14 heavy (non-hydrogen) atoms. The number of ketones is 1. The Balaban J connectivity index is 2.34. The van der Waals surface area contributed by atoms with Gasteiger partial charge in [0, 0.05) is 24.3 Å². The van der Waals surface area contributed by atoms with Gasteiger partial charge in [0.25, 0.3) is 0 Å². The SMILES string of the molecule is CN(C)CCC(=O)Cc1ccc(Cl)s1. The van der Waals surface area contributed by atoms with E-state index in [0.29, 0.717) is 12.8 Å². The fourth-order valence-electron chi connectivity index (χ4n) is 1.08. The number of hydrogen-bond acceptors (Lipinski definition) is 3. The molecular formula is C10H14ClNOS. The second-order valence-corrected chi connectivity index (χ2v) is 5.27. The Bertz CT molecular complexity index is 309. The normalized spacial score (nSPS) is 10.9. The second kappa shape index (κ2) is 5.49. The number of thiophene rings is 1. The van der Waals surface area contributed by atoms with E-state index in [4.69, 9.17) is 11.6 Å². The molecule has 0 aliphatic carbocycles. The minimum atomic E-state index is 0.275. The summed E-state index contributed by atoms with van der Waals surface area (Å²) in [6.45, 7) is 0.817. The quantitative estimate of drug-likeness (QED) is 0.776. The maximum absolute atomic E-state index is 11.5. The van der Waals surface area contributed by atoms with Crippen LogP contribution in [0.3, 0.4) is 0 Å². The average Bonchev–Trinajstić information content (AvgIpc) is 2.48. The van der Waals surface area contributed by atoms with Gasteiger partial charge in [0.05, 0.1) is 4.34 Å². The third-order valence-electron chi connectivity index (χ3n) is 1.84. The third kappa shape index (κ3) is 4.22. The van der Waals surface area contributed by atoms with Crippen LogP contribution in [-0.2, 0) is 11.2 Å². The topological polar surface area (TPSA) is 20.3 Å². The van der Waals surface area contributed by atoms with Crippen molar-refractivity contribution in [3.63, 3.8) is 0 Å². The van der Waals surface area contributed by atoms with Gasteiger partial charge in [-0.25, -0.2) is 0 Å². The highest BCUT2D eigenvalue weighted by Crippen LogP contribution is 2.22. The van der Waals surface area contributed by atoms with E-state index in [1.54, 1.807) is 0 Å². The molecule has 0 aliphatic heterocycles.